The maximum Gasteiger partial charge on any atom is 0.416 e. The number of carbonyl (C=O) groups is 1. The molecular formula is C22H21F5N4O. The smallest absolute Gasteiger partial charge is 0.366 e. The molecule has 1 amide bonds. The first-order valence-corrected chi connectivity index (χ1v) is 9.48. The lowest BCUT2D eigenvalue weighted by atomic mass is 9.94. The fourth-order valence-corrected chi connectivity index (χ4v) is 2.77. The van der Waals surface area contributed by atoms with Gasteiger partial charge in [0.1, 0.15) is 5.82 Å². The molecule has 0 aliphatic heterocycles. The molecule has 2 aromatic rings. The Balaban J connectivity index is 2.65. The average molecular weight is 452 g/mol. The molecule has 1 atom stereocenters. The number of hydrazone groups is 1. The van der Waals surface area contributed by atoms with Crippen molar-refractivity contribution in [2.45, 2.75) is 26.4 Å². The van der Waals surface area contributed by atoms with E-state index in [4.69, 9.17) is 5.73 Å². The molecule has 0 saturated heterocycles. The number of primary amides is 1. The van der Waals surface area contributed by atoms with Gasteiger partial charge in [0.25, 0.3) is 5.91 Å². The zero-order chi connectivity index (χ0) is 24.1. The minimum absolute atomic E-state index is 0.0971. The fourth-order valence-electron chi connectivity index (χ4n) is 2.77. The number of nitrogens with two attached hydrogens (primary N) is 1. The number of halogens is 5. The van der Waals surface area contributed by atoms with Crippen LogP contribution in [0.4, 0.5) is 22.0 Å². The molecule has 10 heteroatoms. The lowest BCUT2D eigenvalue weighted by Gasteiger charge is -2.19. The largest absolute Gasteiger partial charge is 0.416 e. The van der Waals surface area contributed by atoms with E-state index in [0.717, 1.165) is 29.5 Å². The van der Waals surface area contributed by atoms with Crippen molar-refractivity contribution in [2.75, 3.05) is 0 Å². The third-order valence-electron chi connectivity index (χ3n) is 4.59. The SMILES string of the molecule is C=CN(/C=C(\C(N)=O)c1cccnc1F)/N=C(/c1cc(F)cc(C(F)(F)F)c1)C(C)CC. The Morgan fingerprint density at radius 1 is 1.31 bits per heavy atom. The van der Waals surface area contributed by atoms with Crippen molar-refractivity contribution in [2.24, 2.45) is 16.8 Å². The van der Waals surface area contributed by atoms with Crippen LogP contribution in [0.15, 0.2) is 60.6 Å². The number of rotatable bonds is 8. The van der Waals surface area contributed by atoms with Crippen molar-refractivity contribution < 1.29 is 26.7 Å². The number of hydrogen-bond donors (Lipinski definition) is 1. The molecule has 2 N–H and O–H groups in total. The summed E-state index contributed by atoms with van der Waals surface area (Å²) in [6, 6.07) is 4.78. The summed E-state index contributed by atoms with van der Waals surface area (Å²) in [6.45, 7) is 7.02. The van der Waals surface area contributed by atoms with Gasteiger partial charge in [-0.25, -0.2) is 14.4 Å². The van der Waals surface area contributed by atoms with E-state index >= 15 is 0 Å². The molecule has 1 aromatic heterocycles. The first kappa shape index (κ1) is 24.7. The Morgan fingerprint density at radius 2 is 2.00 bits per heavy atom. The molecule has 1 unspecified atom stereocenters. The van der Waals surface area contributed by atoms with Crippen LogP contribution in [-0.2, 0) is 11.0 Å². The number of hydrogen-bond acceptors (Lipinski definition) is 4. The normalized spacial score (nSPS) is 13.6. The molecule has 1 heterocycles. The molecule has 0 spiro atoms. The van der Waals surface area contributed by atoms with Crippen LogP contribution in [0.5, 0.6) is 0 Å². The van der Waals surface area contributed by atoms with Crippen LogP contribution < -0.4 is 5.73 Å². The summed E-state index contributed by atoms with van der Waals surface area (Å²) < 4.78 is 67.6. The predicted molar refractivity (Wildman–Crippen MR) is 111 cm³/mol. The molecule has 1 aromatic carbocycles. The zero-order valence-corrected chi connectivity index (χ0v) is 17.3. The zero-order valence-electron chi connectivity index (χ0n) is 17.3. The highest BCUT2D eigenvalue weighted by molar-refractivity contribution is 6.18. The van der Waals surface area contributed by atoms with E-state index in [1.54, 1.807) is 13.8 Å². The molecule has 5 nitrogen and oxygen atoms in total. The lowest BCUT2D eigenvalue weighted by molar-refractivity contribution is -0.137. The molecule has 0 saturated carbocycles. The number of pyridine rings is 1. The Morgan fingerprint density at radius 3 is 2.53 bits per heavy atom. The van der Waals surface area contributed by atoms with Crippen molar-refractivity contribution in [1.29, 1.82) is 0 Å². The molecule has 32 heavy (non-hydrogen) atoms. The second-order valence-corrected chi connectivity index (χ2v) is 6.83. The van der Waals surface area contributed by atoms with E-state index in [-0.39, 0.29) is 22.4 Å². The van der Waals surface area contributed by atoms with Gasteiger partial charge in [-0.3, -0.25) is 4.79 Å². The predicted octanol–water partition coefficient (Wildman–Crippen LogP) is 5.10. The van der Waals surface area contributed by atoms with Crippen molar-refractivity contribution in [3.63, 3.8) is 0 Å². The number of amides is 1. The highest BCUT2D eigenvalue weighted by Gasteiger charge is 2.32. The molecule has 2 rings (SSSR count). The second-order valence-electron chi connectivity index (χ2n) is 6.83. The van der Waals surface area contributed by atoms with Crippen molar-refractivity contribution in [1.82, 2.24) is 9.99 Å². The molecule has 0 aliphatic rings. The van der Waals surface area contributed by atoms with Gasteiger partial charge in [-0.05, 0) is 36.8 Å². The van der Waals surface area contributed by atoms with Crippen LogP contribution in [0.2, 0.25) is 0 Å². The number of carbonyl (C=O) groups excluding carboxylic acids is 1. The molecule has 0 aliphatic carbocycles. The standard InChI is InChI=1S/C22H21F5N4O/c1-4-13(3)19(14-9-15(22(25,26)27)11-16(23)10-14)30-31(5-2)12-18(21(28)32)17-7-6-8-29-20(17)24/h5-13H,2,4H2,1,3H3,(H2,28,32)/b18-12-,30-19+. The Labute approximate surface area is 181 Å². The summed E-state index contributed by atoms with van der Waals surface area (Å²) in [5.41, 5.74) is 3.72. The van der Waals surface area contributed by atoms with Crippen molar-refractivity contribution in [3.8, 4) is 0 Å². The van der Waals surface area contributed by atoms with E-state index in [2.05, 4.69) is 16.7 Å². The highest BCUT2D eigenvalue weighted by Crippen LogP contribution is 2.31. The minimum atomic E-state index is -4.76. The number of nitrogens with zero attached hydrogens (tertiary/aromatic N) is 3. The topological polar surface area (TPSA) is 71.6 Å². The molecule has 0 fully saturated rings. The van der Waals surface area contributed by atoms with Crippen LogP contribution >= 0.6 is 0 Å². The first-order chi connectivity index (χ1) is 15.0. The molecule has 170 valence electrons. The second kappa shape index (κ2) is 10.2. The van der Waals surface area contributed by atoms with Gasteiger partial charge >= 0.3 is 6.18 Å². The van der Waals surface area contributed by atoms with E-state index in [9.17, 15) is 26.7 Å². The minimum Gasteiger partial charge on any atom is -0.366 e. The van der Waals surface area contributed by atoms with E-state index < -0.39 is 35.3 Å². The van der Waals surface area contributed by atoms with Crippen LogP contribution in [0.25, 0.3) is 5.57 Å². The third-order valence-corrected chi connectivity index (χ3v) is 4.59. The van der Waals surface area contributed by atoms with Crippen LogP contribution in [0, 0.1) is 17.7 Å². The molecule has 0 bridgehead atoms. The number of aromatic nitrogens is 1. The first-order valence-electron chi connectivity index (χ1n) is 9.48. The Hall–Kier alpha value is -3.56. The number of alkyl halides is 3. The van der Waals surface area contributed by atoms with E-state index in [1.807, 2.05) is 0 Å². The fraction of sp³-hybridized carbons (Fsp3) is 0.227. The monoisotopic (exact) mass is 452 g/mol. The molecule has 0 radical (unpaired) electrons. The molecular weight excluding hydrogens is 431 g/mol. The van der Waals surface area contributed by atoms with E-state index in [0.29, 0.717) is 12.5 Å². The Bertz CT molecular complexity index is 1060. The summed E-state index contributed by atoms with van der Waals surface area (Å²) in [6.07, 6.45) is -0.896. The average Bonchev–Trinajstić information content (AvgIpc) is 2.73. The van der Waals surface area contributed by atoms with Crippen molar-refractivity contribution in [3.05, 3.63) is 84.0 Å². The van der Waals surface area contributed by atoms with E-state index in [1.165, 1.54) is 18.3 Å². The van der Waals surface area contributed by atoms with Gasteiger partial charge in [0, 0.05) is 35.6 Å². The maximum absolute atomic E-state index is 14.1. The summed E-state index contributed by atoms with van der Waals surface area (Å²) in [5.74, 6) is -3.43. The highest BCUT2D eigenvalue weighted by atomic mass is 19.4. The van der Waals surface area contributed by atoms with Crippen molar-refractivity contribution >= 4 is 17.2 Å². The summed E-state index contributed by atoms with van der Waals surface area (Å²) in [7, 11) is 0. The van der Waals surface area contributed by atoms with Crippen LogP contribution in [0.3, 0.4) is 0 Å². The number of benzene rings is 1. The van der Waals surface area contributed by atoms with Gasteiger partial charge in [-0.2, -0.15) is 22.7 Å². The van der Waals surface area contributed by atoms with Crippen LogP contribution in [0.1, 0.15) is 37.0 Å². The quantitative estimate of drug-likeness (QED) is 0.199. The van der Waals surface area contributed by atoms with Gasteiger partial charge in [0.15, 0.2) is 0 Å². The van der Waals surface area contributed by atoms with Crippen LogP contribution in [-0.4, -0.2) is 21.6 Å². The lowest BCUT2D eigenvalue weighted by Crippen LogP contribution is -2.20. The van der Waals surface area contributed by atoms with Gasteiger partial charge in [-0.1, -0.05) is 20.4 Å². The van der Waals surface area contributed by atoms with Gasteiger partial charge in [-0.15, -0.1) is 0 Å². The van der Waals surface area contributed by atoms with Gasteiger partial charge in [0.2, 0.25) is 5.95 Å². The Kier molecular flexibility index (Phi) is 7.85. The third kappa shape index (κ3) is 5.99. The maximum atomic E-state index is 14.1. The summed E-state index contributed by atoms with van der Waals surface area (Å²) >= 11 is 0. The summed E-state index contributed by atoms with van der Waals surface area (Å²) in [5, 5.41) is 5.25. The summed E-state index contributed by atoms with van der Waals surface area (Å²) in [4.78, 5) is 15.4. The van der Waals surface area contributed by atoms with Gasteiger partial charge < -0.3 is 5.73 Å². The van der Waals surface area contributed by atoms with Gasteiger partial charge in [0.05, 0.1) is 16.8 Å².